The summed E-state index contributed by atoms with van der Waals surface area (Å²) in [6.07, 6.45) is 6.79. The molecule has 2 heterocycles. The number of nitrogens with two attached hydrogens (primary N) is 1. The summed E-state index contributed by atoms with van der Waals surface area (Å²) in [5, 5.41) is 9.24. The zero-order valence-electron chi connectivity index (χ0n) is 18.6. The third-order valence-corrected chi connectivity index (χ3v) is 8.78. The lowest BCUT2D eigenvalue weighted by molar-refractivity contribution is -0.116. The smallest absolute Gasteiger partial charge is 0.263 e. The van der Waals surface area contributed by atoms with E-state index in [1.165, 1.54) is 46.5 Å². The Morgan fingerprint density at radius 1 is 1.26 bits per heavy atom. The summed E-state index contributed by atoms with van der Waals surface area (Å²) in [7, 11) is -3.77. The molecule has 0 spiro atoms. The number of hydrogen-bond donors (Lipinski definition) is 2. The fourth-order valence-corrected chi connectivity index (χ4v) is 6.73. The number of nitrogens with zero attached hydrogens (tertiary/aromatic N) is 2. The monoisotopic (exact) mass is 518 g/mol. The second-order valence-electron chi connectivity index (χ2n) is 8.06. The summed E-state index contributed by atoms with van der Waals surface area (Å²) in [5.74, 6) is 0.444. The molecule has 11 heteroatoms. The number of primary sulfonamides is 1. The van der Waals surface area contributed by atoms with Crippen LogP contribution in [-0.2, 0) is 34.2 Å². The maximum absolute atomic E-state index is 13.3. The van der Waals surface area contributed by atoms with E-state index in [2.05, 4.69) is 11.9 Å². The van der Waals surface area contributed by atoms with Gasteiger partial charge in [-0.15, -0.1) is 17.9 Å². The number of hydrogen-bond acceptors (Lipinski definition) is 7. The van der Waals surface area contributed by atoms with Gasteiger partial charge in [0.15, 0.2) is 5.16 Å². The highest BCUT2D eigenvalue weighted by Crippen LogP contribution is 2.34. The van der Waals surface area contributed by atoms with E-state index in [0.717, 1.165) is 35.9 Å². The van der Waals surface area contributed by atoms with E-state index in [9.17, 15) is 18.0 Å². The molecule has 34 heavy (non-hydrogen) atoms. The quantitative estimate of drug-likeness (QED) is 0.193. The number of carbonyl (C=O) groups is 1. The molecule has 1 amide bonds. The van der Waals surface area contributed by atoms with Crippen LogP contribution in [0.25, 0.3) is 10.2 Å². The van der Waals surface area contributed by atoms with Crippen molar-refractivity contribution in [2.75, 3.05) is 11.1 Å². The molecule has 0 saturated heterocycles. The van der Waals surface area contributed by atoms with Crippen molar-refractivity contribution in [3.8, 4) is 0 Å². The molecule has 0 radical (unpaired) electrons. The standard InChI is InChI=1S/C23H26N4O4S3/c1-2-13-27-22(29)20-17-6-3-4-7-18(17)33-21(20)26-23(27)32-14-5-8-19(28)25-15-9-11-16(12-10-15)34(24,30)31/h2,9-12H,1,3-8,13-14H2,(H,25,28)(H2,24,30,31). The summed E-state index contributed by atoms with van der Waals surface area (Å²) in [4.78, 5) is 32.4. The van der Waals surface area contributed by atoms with Gasteiger partial charge in [-0.25, -0.2) is 18.5 Å². The van der Waals surface area contributed by atoms with E-state index in [0.29, 0.717) is 29.6 Å². The minimum Gasteiger partial charge on any atom is -0.326 e. The van der Waals surface area contributed by atoms with Crippen LogP contribution in [0.3, 0.4) is 0 Å². The van der Waals surface area contributed by atoms with Crippen molar-refractivity contribution < 1.29 is 13.2 Å². The summed E-state index contributed by atoms with van der Waals surface area (Å²) in [5.41, 5.74) is 1.66. The highest BCUT2D eigenvalue weighted by atomic mass is 32.2. The zero-order valence-corrected chi connectivity index (χ0v) is 21.0. The van der Waals surface area contributed by atoms with Gasteiger partial charge < -0.3 is 5.32 Å². The molecule has 1 aliphatic carbocycles. The second-order valence-corrected chi connectivity index (χ2v) is 11.8. The van der Waals surface area contributed by atoms with Crippen LogP contribution in [0.1, 0.15) is 36.1 Å². The van der Waals surface area contributed by atoms with E-state index in [-0.39, 0.29) is 22.8 Å². The predicted molar refractivity (Wildman–Crippen MR) is 137 cm³/mol. The Bertz CT molecular complexity index is 1390. The minimum atomic E-state index is -3.77. The Kier molecular flexibility index (Phi) is 7.56. The van der Waals surface area contributed by atoms with E-state index >= 15 is 0 Å². The number of allylic oxidation sites excluding steroid dienone is 1. The highest BCUT2D eigenvalue weighted by Gasteiger charge is 2.22. The Labute approximate surface area is 206 Å². The van der Waals surface area contributed by atoms with Gasteiger partial charge in [0.2, 0.25) is 15.9 Å². The van der Waals surface area contributed by atoms with Crippen LogP contribution in [0.5, 0.6) is 0 Å². The normalized spacial score (nSPS) is 13.6. The van der Waals surface area contributed by atoms with Gasteiger partial charge in [-0.1, -0.05) is 17.8 Å². The molecule has 3 aromatic rings. The van der Waals surface area contributed by atoms with Crippen molar-refractivity contribution in [2.24, 2.45) is 5.14 Å². The van der Waals surface area contributed by atoms with E-state index in [4.69, 9.17) is 10.1 Å². The van der Waals surface area contributed by atoms with Crippen LogP contribution >= 0.6 is 23.1 Å². The second kappa shape index (κ2) is 10.4. The number of aromatic nitrogens is 2. The van der Waals surface area contributed by atoms with Crippen molar-refractivity contribution in [2.45, 2.75) is 55.1 Å². The molecule has 3 N–H and O–H groups in total. The first-order valence-electron chi connectivity index (χ1n) is 11.0. The summed E-state index contributed by atoms with van der Waals surface area (Å²) >= 11 is 3.09. The van der Waals surface area contributed by atoms with Crippen LogP contribution in [0.2, 0.25) is 0 Å². The molecule has 4 rings (SSSR count). The maximum atomic E-state index is 13.3. The first kappa shape index (κ1) is 24.6. The molecule has 0 fully saturated rings. The van der Waals surface area contributed by atoms with Gasteiger partial charge in [-0.2, -0.15) is 0 Å². The molecule has 8 nitrogen and oxygen atoms in total. The Hall–Kier alpha value is -2.47. The number of amides is 1. The van der Waals surface area contributed by atoms with Gasteiger partial charge in [-0.05, 0) is 61.9 Å². The van der Waals surface area contributed by atoms with Crippen molar-refractivity contribution in [1.82, 2.24) is 9.55 Å². The summed E-state index contributed by atoms with van der Waals surface area (Å²) in [6, 6.07) is 5.70. The third kappa shape index (κ3) is 5.43. The van der Waals surface area contributed by atoms with Gasteiger partial charge in [0.25, 0.3) is 5.56 Å². The largest absolute Gasteiger partial charge is 0.326 e. The number of carbonyl (C=O) groups excluding carboxylic acids is 1. The van der Waals surface area contributed by atoms with Crippen LogP contribution in [-0.4, -0.2) is 29.6 Å². The number of benzene rings is 1. The highest BCUT2D eigenvalue weighted by molar-refractivity contribution is 7.99. The summed E-state index contributed by atoms with van der Waals surface area (Å²) in [6.45, 7) is 4.18. The Morgan fingerprint density at radius 3 is 2.71 bits per heavy atom. The Morgan fingerprint density at radius 2 is 2.00 bits per heavy atom. The number of aryl methyl sites for hydroxylation is 2. The van der Waals surface area contributed by atoms with E-state index in [1.807, 2.05) is 0 Å². The average Bonchev–Trinajstić information content (AvgIpc) is 3.17. The molecule has 0 bridgehead atoms. The molecular formula is C23H26N4O4S3. The molecule has 0 aliphatic heterocycles. The number of sulfonamides is 1. The lowest BCUT2D eigenvalue weighted by Crippen LogP contribution is -2.23. The number of fused-ring (bicyclic) bond motifs is 3. The number of anilines is 1. The fourth-order valence-electron chi connectivity index (χ4n) is 3.97. The number of rotatable bonds is 9. The molecule has 2 aromatic heterocycles. The van der Waals surface area contributed by atoms with Crippen LogP contribution < -0.4 is 16.0 Å². The zero-order chi connectivity index (χ0) is 24.3. The third-order valence-electron chi connectivity index (χ3n) is 5.60. The van der Waals surface area contributed by atoms with Crippen LogP contribution in [0.4, 0.5) is 5.69 Å². The number of thiophene rings is 1. The van der Waals surface area contributed by atoms with E-state index < -0.39 is 10.0 Å². The first-order chi connectivity index (χ1) is 16.3. The predicted octanol–water partition coefficient (Wildman–Crippen LogP) is 3.68. The van der Waals surface area contributed by atoms with Crippen molar-refractivity contribution >= 4 is 54.9 Å². The maximum Gasteiger partial charge on any atom is 0.263 e. The topological polar surface area (TPSA) is 124 Å². The SMILES string of the molecule is C=CCn1c(SCCCC(=O)Nc2ccc(S(N)(=O)=O)cc2)nc2sc3c(c2c1=O)CCCC3. The fraction of sp³-hybridized carbons (Fsp3) is 0.348. The lowest BCUT2D eigenvalue weighted by Gasteiger charge is -2.12. The molecule has 0 saturated carbocycles. The van der Waals surface area contributed by atoms with Gasteiger partial charge >= 0.3 is 0 Å². The molecule has 0 unspecified atom stereocenters. The van der Waals surface area contributed by atoms with Gasteiger partial charge in [0.1, 0.15) is 4.83 Å². The number of thioether (sulfide) groups is 1. The average molecular weight is 519 g/mol. The lowest BCUT2D eigenvalue weighted by atomic mass is 9.97. The van der Waals surface area contributed by atoms with Crippen molar-refractivity contribution in [1.29, 1.82) is 0 Å². The van der Waals surface area contributed by atoms with Gasteiger partial charge in [0.05, 0.1) is 10.3 Å². The van der Waals surface area contributed by atoms with E-state index in [1.54, 1.807) is 22.0 Å². The molecular weight excluding hydrogens is 492 g/mol. The summed E-state index contributed by atoms with van der Waals surface area (Å²) < 4.78 is 24.3. The Balaban J connectivity index is 1.39. The van der Waals surface area contributed by atoms with Crippen LogP contribution in [0.15, 0.2) is 51.8 Å². The van der Waals surface area contributed by atoms with Gasteiger partial charge in [0, 0.05) is 29.3 Å². The number of nitrogens with one attached hydrogen (secondary N) is 1. The molecule has 180 valence electrons. The minimum absolute atomic E-state index is 0.00696. The molecule has 1 aromatic carbocycles. The van der Waals surface area contributed by atoms with Crippen LogP contribution in [0, 0.1) is 0 Å². The van der Waals surface area contributed by atoms with Crippen molar-refractivity contribution in [3.05, 3.63) is 57.7 Å². The first-order valence-corrected chi connectivity index (χ1v) is 14.3. The van der Waals surface area contributed by atoms with Crippen molar-refractivity contribution in [3.63, 3.8) is 0 Å². The van der Waals surface area contributed by atoms with Gasteiger partial charge in [-0.3, -0.25) is 14.2 Å². The molecule has 1 aliphatic rings. The molecule has 0 atom stereocenters.